The Hall–Kier alpha value is -2.31. The predicted octanol–water partition coefficient (Wildman–Crippen LogP) is 1.14. The van der Waals surface area contributed by atoms with Gasteiger partial charge in [0.2, 0.25) is 5.88 Å². The molecule has 2 amide bonds. The summed E-state index contributed by atoms with van der Waals surface area (Å²) in [5.74, 6) is -0.541. The monoisotopic (exact) mass is 281 g/mol. The number of ether oxygens (including phenoxy) is 1. The Kier molecular flexibility index (Phi) is 6.28. The second kappa shape index (κ2) is 7.98. The number of hydrogen-bond acceptors (Lipinski definition) is 4. The number of hydrogen-bond donors (Lipinski definition) is 3. The molecule has 7 heteroatoms. The SMILES string of the molecule is CCCC(NC(=O)NCc1ccc(OC)nc1)C(=O)O. The van der Waals surface area contributed by atoms with Crippen LogP contribution in [0.5, 0.6) is 5.88 Å². The van der Waals surface area contributed by atoms with E-state index in [1.54, 1.807) is 18.3 Å². The molecule has 0 aliphatic rings. The molecule has 0 saturated carbocycles. The average Bonchev–Trinajstić information content (AvgIpc) is 2.45. The van der Waals surface area contributed by atoms with Crippen LogP contribution < -0.4 is 15.4 Å². The van der Waals surface area contributed by atoms with E-state index in [4.69, 9.17) is 9.84 Å². The topological polar surface area (TPSA) is 101 Å². The zero-order valence-electron chi connectivity index (χ0n) is 11.5. The normalized spacial score (nSPS) is 11.5. The van der Waals surface area contributed by atoms with E-state index in [2.05, 4.69) is 15.6 Å². The van der Waals surface area contributed by atoms with E-state index >= 15 is 0 Å². The summed E-state index contributed by atoms with van der Waals surface area (Å²) in [6.07, 6.45) is 2.66. The molecule has 1 rings (SSSR count). The molecule has 7 nitrogen and oxygen atoms in total. The standard InChI is InChI=1S/C13H19N3O4/c1-3-4-10(12(17)18)16-13(19)15-8-9-5-6-11(20-2)14-7-9/h5-7,10H,3-4,8H2,1-2H3,(H,17,18)(H2,15,16,19). The number of rotatable bonds is 7. The largest absolute Gasteiger partial charge is 0.481 e. The second-order valence-corrected chi connectivity index (χ2v) is 4.22. The summed E-state index contributed by atoms with van der Waals surface area (Å²) in [7, 11) is 1.52. The van der Waals surface area contributed by atoms with E-state index in [-0.39, 0.29) is 6.54 Å². The minimum atomic E-state index is -1.03. The van der Waals surface area contributed by atoms with Gasteiger partial charge in [-0.25, -0.2) is 14.6 Å². The van der Waals surface area contributed by atoms with Crippen LogP contribution in [0.15, 0.2) is 18.3 Å². The highest BCUT2D eigenvalue weighted by atomic mass is 16.5. The molecular formula is C13H19N3O4. The van der Waals surface area contributed by atoms with E-state index in [1.165, 1.54) is 7.11 Å². The summed E-state index contributed by atoms with van der Waals surface area (Å²) in [5, 5.41) is 13.9. The van der Waals surface area contributed by atoms with Crippen molar-refractivity contribution in [1.29, 1.82) is 0 Å². The molecule has 1 atom stereocenters. The highest BCUT2D eigenvalue weighted by Crippen LogP contribution is 2.06. The number of nitrogens with one attached hydrogen (secondary N) is 2. The van der Waals surface area contributed by atoms with Crippen LogP contribution in [0.1, 0.15) is 25.3 Å². The molecule has 1 aromatic rings. The molecular weight excluding hydrogens is 262 g/mol. The van der Waals surface area contributed by atoms with Crippen molar-refractivity contribution in [2.24, 2.45) is 0 Å². The lowest BCUT2D eigenvalue weighted by Gasteiger charge is -2.14. The van der Waals surface area contributed by atoms with Crippen molar-refractivity contribution in [2.75, 3.05) is 7.11 Å². The highest BCUT2D eigenvalue weighted by Gasteiger charge is 2.18. The maximum atomic E-state index is 11.6. The smallest absolute Gasteiger partial charge is 0.326 e. The van der Waals surface area contributed by atoms with Gasteiger partial charge in [-0.1, -0.05) is 19.4 Å². The van der Waals surface area contributed by atoms with Crippen molar-refractivity contribution in [2.45, 2.75) is 32.4 Å². The van der Waals surface area contributed by atoms with Crippen LogP contribution >= 0.6 is 0 Å². The quantitative estimate of drug-likeness (QED) is 0.696. The maximum Gasteiger partial charge on any atom is 0.326 e. The molecule has 0 bridgehead atoms. The summed E-state index contributed by atoms with van der Waals surface area (Å²) in [5.41, 5.74) is 0.795. The summed E-state index contributed by atoms with van der Waals surface area (Å²) < 4.78 is 4.92. The number of carbonyl (C=O) groups excluding carboxylic acids is 1. The number of carbonyl (C=O) groups is 2. The summed E-state index contributed by atoms with van der Waals surface area (Å²) in [6.45, 7) is 2.12. The molecule has 3 N–H and O–H groups in total. The van der Waals surface area contributed by atoms with Gasteiger partial charge in [0.25, 0.3) is 0 Å². The van der Waals surface area contributed by atoms with Crippen molar-refractivity contribution in [3.05, 3.63) is 23.9 Å². The number of carboxylic acids is 1. The van der Waals surface area contributed by atoms with E-state index < -0.39 is 18.0 Å². The zero-order chi connectivity index (χ0) is 15.0. The van der Waals surface area contributed by atoms with Crippen LogP contribution in [0.3, 0.4) is 0 Å². The van der Waals surface area contributed by atoms with Crippen LogP contribution in [0.2, 0.25) is 0 Å². The number of aliphatic carboxylic acids is 1. The van der Waals surface area contributed by atoms with Crippen LogP contribution in [0, 0.1) is 0 Å². The molecule has 0 spiro atoms. The molecule has 1 aromatic heterocycles. The van der Waals surface area contributed by atoms with Gasteiger partial charge in [0.1, 0.15) is 6.04 Å². The number of nitrogens with zero attached hydrogens (tertiary/aromatic N) is 1. The van der Waals surface area contributed by atoms with Crippen LogP contribution in [-0.4, -0.2) is 35.2 Å². The fourth-order valence-corrected chi connectivity index (χ4v) is 1.57. The maximum absolute atomic E-state index is 11.6. The van der Waals surface area contributed by atoms with Gasteiger partial charge in [0.05, 0.1) is 7.11 Å². The minimum Gasteiger partial charge on any atom is -0.481 e. The number of amides is 2. The van der Waals surface area contributed by atoms with E-state index in [0.717, 1.165) is 5.56 Å². The lowest BCUT2D eigenvalue weighted by atomic mass is 10.2. The first-order valence-electron chi connectivity index (χ1n) is 6.33. The predicted molar refractivity (Wildman–Crippen MR) is 72.5 cm³/mol. The van der Waals surface area contributed by atoms with Gasteiger partial charge < -0.3 is 20.5 Å². The van der Waals surface area contributed by atoms with Crippen LogP contribution in [-0.2, 0) is 11.3 Å². The molecule has 1 unspecified atom stereocenters. The molecule has 110 valence electrons. The zero-order valence-corrected chi connectivity index (χ0v) is 11.5. The molecule has 0 radical (unpaired) electrons. The van der Waals surface area contributed by atoms with Gasteiger partial charge in [-0.15, -0.1) is 0 Å². The van der Waals surface area contributed by atoms with Gasteiger partial charge in [0, 0.05) is 18.8 Å². The highest BCUT2D eigenvalue weighted by molar-refractivity contribution is 5.82. The van der Waals surface area contributed by atoms with Crippen molar-refractivity contribution in [3.8, 4) is 5.88 Å². The van der Waals surface area contributed by atoms with Crippen molar-refractivity contribution in [3.63, 3.8) is 0 Å². The first kappa shape index (κ1) is 15.7. The Morgan fingerprint density at radius 3 is 2.70 bits per heavy atom. The molecule has 0 saturated heterocycles. The number of urea groups is 1. The Bertz CT molecular complexity index is 447. The summed E-state index contributed by atoms with van der Waals surface area (Å²) in [6, 6.07) is 2.08. The van der Waals surface area contributed by atoms with Crippen molar-refractivity contribution >= 4 is 12.0 Å². The third kappa shape index (κ3) is 5.13. The third-order valence-corrected chi connectivity index (χ3v) is 2.64. The number of methoxy groups -OCH3 is 1. The third-order valence-electron chi connectivity index (χ3n) is 2.64. The van der Waals surface area contributed by atoms with Gasteiger partial charge in [-0.3, -0.25) is 0 Å². The Balaban J connectivity index is 2.43. The molecule has 0 aliphatic heterocycles. The van der Waals surface area contributed by atoms with Crippen molar-refractivity contribution in [1.82, 2.24) is 15.6 Å². The Labute approximate surface area is 117 Å². The fraction of sp³-hybridized carbons (Fsp3) is 0.462. The van der Waals surface area contributed by atoms with E-state index in [0.29, 0.717) is 18.7 Å². The molecule has 0 aromatic carbocycles. The van der Waals surface area contributed by atoms with Gasteiger partial charge in [-0.2, -0.15) is 0 Å². The number of pyridine rings is 1. The van der Waals surface area contributed by atoms with Crippen LogP contribution in [0.4, 0.5) is 4.79 Å². The van der Waals surface area contributed by atoms with Crippen LogP contribution in [0.25, 0.3) is 0 Å². The molecule has 1 heterocycles. The first-order chi connectivity index (χ1) is 9.56. The van der Waals surface area contributed by atoms with Gasteiger partial charge in [0.15, 0.2) is 0 Å². The molecule has 20 heavy (non-hydrogen) atoms. The molecule has 0 aliphatic carbocycles. The summed E-state index contributed by atoms with van der Waals surface area (Å²) in [4.78, 5) is 26.5. The number of aromatic nitrogens is 1. The average molecular weight is 281 g/mol. The van der Waals surface area contributed by atoms with Crippen molar-refractivity contribution < 1.29 is 19.4 Å². The second-order valence-electron chi connectivity index (χ2n) is 4.22. The first-order valence-corrected chi connectivity index (χ1v) is 6.33. The minimum absolute atomic E-state index is 0.265. The van der Waals surface area contributed by atoms with Gasteiger partial charge in [-0.05, 0) is 12.0 Å². The fourth-order valence-electron chi connectivity index (χ4n) is 1.57. The Morgan fingerprint density at radius 2 is 2.20 bits per heavy atom. The molecule has 0 fully saturated rings. The van der Waals surface area contributed by atoms with Gasteiger partial charge >= 0.3 is 12.0 Å². The van der Waals surface area contributed by atoms with E-state index in [1.807, 2.05) is 6.92 Å². The van der Waals surface area contributed by atoms with E-state index in [9.17, 15) is 9.59 Å². The Morgan fingerprint density at radius 1 is 1.45 bits per heavy atom. The number of carboxylic acid groups (broad SMARTS) is 1. The summed E-state index contributed by atoms with van der Waals surface area (Å²) >= 11 is 0. The lowest BCUT2D eigenvalue weighted by Crippen LogP contribution is -2.45. The lowest BCUT2D eigenvalue weighted by molar-refractivity contribution is -0.139.